The van der Waals surface area contributed by atoms with Gasteiger partial charge in [-0.1, -0.05) is 24.3 Å². The Balaban J connectivity index is 2.35. The number of thiazole rings is 1. The Morgan fingerprint density at radius 1 is 1.50 bits per heavy atom. The van der Waals surface area contributed by atoms with Crippen LogP contribution >= 0.6 is 11.3 Å². The maximum absolute atomic E-state index is 11.9. The average Bonchev–Trinajstić information content (AvgIpc) is 2.81. The van der Waals surface area contributed by atoms with Crippen molar-refractivity contribution < 1.29 is 9.53 Å². The van der Waals surface area contributed by atoms with Gasteiger partial charge in [0, 0.05) is 13.1 Å². The minimum atomic E-state index is -0.211. The summed E-state index contributed by atoms with van der Waals surface area (Å²) in [6.07, 6.45) is 3.59. The Hall–Kier alpha value is -1.60. The number of nitrogens with two attached hydrogens (primary N) is 1. The first-order valence-electron chi connectivity index (χ1n) is 6.66. The zero-order valence-corrected chi connectivity index (χ0v) is 12.6. The molecule has 0 bridgehead atoms. The van der Waals surface area contributed by atoms with Gasteiger partial charge in [0.25, 0.3) is 5.91 Å². The van der Waals surface area contributed by atoms with Crippen LogP contribution in [0.25, 0.3) is 0 Å². The van der Waals surface area contributed by atoms with Crippen molar-refractivity contribution in [1.29, 1.82) is 0 Å². The van der Waals surface area contributed by atoms with E-state index in [1.807, 2.05) is 0 Å². The van der Waals surface area contributed by atoms with Crippen LogP contribution < -0.4 is 16.4 Å². The Kier molecular flexibility index (Phi) is 7.67. The molecule has 112 valence electrons. The highest BCUT2D eigenvalue weighted by Crippen LogP contribution is 2.24. The zero-order chi connectivity index (χ0) is 14.8. The van der Waals surface area contributed by atoms with Gasteiger partial charge in [0.2, 0.25) is 0 Å². The lowest BCUT2D eigenvalue weighted by atomic mass is 10.4. The van der Waals surface area contributed by atoms with Crippen molar-refractivity contribution in [2.45, 2.75) is 19.8 Å². The summed E-state index contributed by atoms with van der Waals surface area (Å²) in [5, 5.41) is 6.55. The number of carbonyl (C=O) groups excluding carboxylic acids is 1. The molecule has 1 amide bonds. The quantitative estimate of drug-likeness (QED) is 0.453. The van der Waals surface area contributed by atoms with Gasteiger partial charge in [-0.3, -0.25) is 4.79 Å². The minimum Gasteiger partial charge on any atom is -0.382 e. The highest BCUT2D eigenvalue weighted by Gasteiger charge is 2.15. The molecule has 0 atom stereocenters. The Morgan fingerprint density at radius 3 is 3.00 bits per heavy atom. The molecule has 0 fully saturated rings. The van der Waals surface area contributed by atoms with Crippen LogP contribution in [0.1, 0.15) is 29.4 Å². The molecule has 1 aromatic rings. The third kappa shape index (κ3) is 5.58. The van der Waals surface area contributed by atoms with E-state index < -0.39 is 0 Å². The van der Waals surface area contributed by atoms with Gasteiger partial charge in [0.05, 0.1) is 13.2 Å². The second-order valence-electron chi connectivity index (χ2n) is 4.11. The largest absolute Gasteiger partial charge is 0.382 e. The Labute approximate surface area is 123 Å². The van der Waals surface area contributed by atoms with E-state index in [2.05, 4.69) is 29.1 Å². The van der Waals surface area contributed by atoms with Crippen LogP contribution in [0, 0.1) is 0 Å². The molecule has 0 aliphatic carbocycles. The molecule has 1 heterocycles. The van der Waals surface area contributed by atoms with Crippen molar-refractivity contribution in [3.63, 3.8) is 0 Å². The smallest absolute Gasteiger partial charge is 0.265 e. The van der Waals surface area contributed by atoms with Gasteiger partial charge < -0.3 is 21.1 Å². The Morgan fingerprint density at radius 2 is 2.30 bits per heavy atom. The second-order valence-corrected chi connectivity index (χ2v) is 5.10. The third-order valence-corrected chi connectivity index (χ3v) is 3.41. The number of hydrogen-bond donors (Lipinski definition) is 3. The van der Waals surface area contributed by atoms with E-state index >= 15 is 0 Å². The summed E-state index contributed by atoms with van der Waals surface area (Å²) in [5.74, 6) is 0.0514. The van der Waals surface area contributed by atoms with E-state index in [4.69, 9.17) is 10.5 Å². The van der Waals surface area contributed by atoms with Gasteiger partial charge in [-0.2, -0.15) is 0 Å². The number of nitrogens with zero attached hydrogens (tertiary/aromatic N) is 1. The number of rotatable bonds is 10. The first-order chi connectivity index (χ1) is 9.69. The van der Waals surface area contributed by atoms with E-state index in [9.17, 15) is 4.79 Å². The Bertz CT molecular complexity index is 434. The highest BCUT2D eigenvalue weighted by molar-refractivity contribution is 7.18. The predicted molar refractivity (Wildman–Crippen MR) is 83.3 cm³/mol. The summed E-state index contributed by atoms with van der Waals surface area (Å²) in [7, 11) is 0. The maximum atomic E-state index is 11.9. The molecule has 0 aromatic carbocycles. The molecular formula is C13H22N4O2S. The lowest BCUT2D eigenvalue weighted by Gasteiger charge is -2.04. The summed E-state index contributed by atoms with van der Waals surface area (Å²) in [4.78, 5) is 16.5. The van der Waals surface area contributed by atoms with E-state index in [1.165, 1.54) is 11.3 Å². The van der Waals surface area contributed by atoms with Crippen LogP contribution in [-0.2, 0) is 4.74 Å². The number of ether oxygens (including phenoxy) is 1. The molecular weight excluding hydrogens is 276 g/mol. The summed E-state index contributed by atoms with van der Waals surface area (Å²) < 4.78 is 5.31. The molecule has 0 saturated carbocycles. The highest BCUT2D eigenvalue weighted by atomic mass is 32.1. The van der Waals surface area contributed by atoms with Crippen LogP contribution in [0.5, 0.6) is 0 Å². The topological polar surface area (TPSA) is 89.3 Å². The van der Waals surface area contributed by atoms with Crippen molar-refractivity contribution >= 4 is 28.2 Å². The molecule has 4 N–H and O–H groups in total. The predicted octanol–water partition coefficient (Wildman–Crippen LogP) is 1.87. The number of amides is 1. The van der Waals surface area contributed by atoms with Gasteiger partial charge in [-0.05, 0) is 12.8 Å². The number of nitrogens with one attached hydrogen (secondary N) is 2. The van der Waals surface area contributed by atoms with Gasteiger partial charge >= 0.3 is 0 Å². The molecule has 0 unspecified atom stereocenters. The maximum Gasteiger partial charge on any atom is 0.265 e. The summed E-state index contributed by atoms with van der Waals surface area (Å²) in [5.41, 5.74) is 5.74. The van der Waals surface area contributed by atoms with Crippen molar-refractivity contribution in [2.24, 2.45) is 0 Å². The van der Waals surface area contributed by atoms with Crippen LogP contribution in [-0.4, -0.2) is 37.2 Å². The van der Waals surface area contributed by atoms with Crippen LogP contribution in [0.2, 0.25) is 0 Å². The lowest BCUT2D eigenvalue weighted by molar-refractivity contribution is 0.0922. The number of hydrogen-bond acceptors (Lipinski definition) is 6. The fraction of sp³-hybridized carbons (Fsp3) is 0.538. The molecule has 0 spiro atoms. The lowest BCUT2D eigenvalue weighted by Crippen LogP contribution is -2.27. The summed E-state index contributed by atoms with van der Waals surface area (Å²) in [6, 6.07) is 0. The molecule has 0 aliphatic rings. The summed E-state index contributed by atoms with van der Waals surface area (Å²) in [6.45, 7) is 8.01. The second kappa shape index (κ2) is 9.33. The molecule has 0 aliphatic heterocycles. The standard InChI is InChI=1S/C13H22N4O2S/c1-3-5-8-19-9-7-15-12(18)10-11(14)17-13(20-10)16-6-4-2/h3H,1,4-9,14H2,2H3,(H,15,18)(H,16,17). The van der Waals surface area contributed by atoms with E-state index in [1.54, 1.807) is 6.08 Å². The number of nitrogen functional groups attached to an aromatic ring is 1. The summed E-state index contributed by atoms with van der Waals surface area (Å²) >= 11 is 1.27. The van der Waals surface area contributed by atoms with E-state index in [-0.39, 0.29) is 11.7 Å². The van der Waals surface area contributed by atoms with Gasteiger partial charge in [-0.25, -0.2) is 4.98 Å². The van der Waals surface area contributed by atoms with Crippen molar-refractivity contribution in [3.05, 3.63) is 17.5 Å². The zero-order valence-electron chi connectivity index (χ0n) is 11.8. The van der Waals surface area contributed by atoms with Gasteiger partial charge in [-0.15, -0.1) is 6.58 Å². The van der Waals surface area contributed by atoms with Gasteiger partial charge in [0.15, 0.2) is 5.13 Å². The van der Waals surface area contributed by atoms with Crippen LogP contribution in [0.3, 0.4) is 0 Å². The van der Waals surface area contributed by atoms with Crippen LogP contribution in [0.15, 0.2) is 12.7 Å². The number of anilines is 2. The van der Waals surface area contributed by atoms with Crippen molar-refractivity contribution in [2.75, 3.05) is 37.4 Å². The monoisotopic (exact) mass is 298 g/mol. The minimum absolute atomic E-state index is 0.211. The molecule has 0 radical (unpaired) electrons. The molecule has 20 heavy (non-hydrogen) atoms. The van der Waals surface area contributed by atoms with Gasteiger partial charge in [0.1, 0.15) is 10.7 Å². The van der Waals surface area contributed by atoms with E-state index in [0.717, 1.165) is 19.4 Å². The molecule has 1 aromatic heterocycles. The van der Waals surface area contributed by atoms with Crippen molar-refractivity contribution in [1.82, 2.24) is 10.3 Å². The van der Waals surface area contributed by atoms with Crippen molar-refractivity contribution in [3.8, 4) is 0 Å². The number of carbonyl (C=O) groups is 1. The SMILES string of the molecule is C=CCCOCCNC(=O)c1sc(NCCC)nc1N. The average molecular weight is 298 g/mol. The normalized spacial score (nSPS) is 10.2. The third-order valence-electron chi connectivity index (χ3n) is 2.38. The van der Waals surface area contributed by atoms with E-state index in [0.29, 0.717) is 29.8 Å². The fourth-order valence-electron chi connectivity index (χ4n) is 1.39. The molecule has 1 rings (SSSR count). The van der Waals surface area contributed by atoms with Crippen LogP contribution in [0.4, 0.5) is 10.9 Å². The first-order valence-corrected chi connectivity index (χ1v) is 7.47. The number of aromatic nitrogens is 1. The molecule has 7 heteroatoms. The molecule has 6 nitrogen and oxygen atoms in total. The fourth-order valence-corrected chi connectivity index (χ4v) is 2.21. The first kappa shape index (κ1) is 16.5. The molecule has 0 saturated heterocycles.